The summed E-state index contributed by atoms with van der Waals surface area (Å²) in [4.78, 5) is 6.66. The average molecular weight is 202 g/mol. The Morgan fingerprint density at radius 3 is 3.07 bits per heavy atom. The van der Waals surface area contributed by atoms with Crippen LogP contribution in [-0.2, 0) is 6.42 Å². The minimum atomic E-state index is 0.620. The van der Waals surface area contributed by atoms with Crippen molar-refractivity contribution in [3.63, 3.8) is 0 Å². The van der Waals surface area contributed by atoms with Crippen LogP contribution in [0.4, 0.5) is 0 Å². The van der Waals surface area contributed by atoms with Crippen molar-refractivity contribution >= 4 is 5.57 Å². The quantitative estimate of drug-likeness (QED) is 0.731. The molecule has 0 radical (unpaired) electrons. The smallest absolute Gasteiger partial charge is 0.0693 e. The van der Waals surface area contributed by atoms with Crippen molar-refractivity contribution in [2.24, 2.45) is 5.92 Å². The SMILES string of the molecule is CC1Cc2cccnc2/C1=C/CN(C)C. The highest BCUT2D eigenvalue weighted by atomic mass is 15.0. The Kier molecular flexibility index (Phi) is 2.87. The molecule has 0 aliphatic heterocycles. The molecule has 15 heavy (non-hydrogen) atoms. The van der Waals surface area contributed by atoms with Gasteiger partial charge in [-0.1, -0.05) is 19.1 Å². The summed E-state index contributed by atoms with van der Waals surface area (Å²) < 4.78 is 0. The molecule has 80 valence electrons. The van der Waals surface area contributed by atoms with Gasteiger partial charge in [0.1, 0.15) is 0 Å². The van der Waals surface area contributed by atoms with E-state index in [-0.39, 0.29) is 0 Å². The molecule has 1 unspecified atom stereocenters. The van der Waals surface area contributed by atoms with Crippen LogP contribution in [0.5, 0.6) is 0 Å². The first-order chi connectivity index (χ1) is 7.18. The molecule has 2 rings (SSSR count). The molecule has 2 nitrogen and oxygen atoms in total. The molecule has 0 N–H and O–H groups in total. The van der Waals surface area contributed by atoms with Crippen LogP contribution < -0.4 is 0 Å². The van der Waals surface area contributed by atoms with Gasteiger partial charge in [0.25, 0.3) is 0 Å². The maximum Gasteiger partial charge on any atom is 0.0693 e. The zero-order valence-corrected chi connectivity index (χ0v) is 9.70. The third-order valence-electron chi connectivity index (χ3n) is 2.90. The fourth-order valence-electron chi connectivity index (χ4n) is 2.12. The summed E-state index contributed by atoms with van der Waals surface area (Å²) in [5.41, 5.74) is 4.03. The van der Waals surface area contributed by atoms with Crippen molar-refractivity contribution in [1.29, 1.82) is 0 Å². The van der Waals surface area contributed by atoms with Crippen LogP contribution in [-0.4, -0.2) is 30.5 Å². The first-order valence-corrected chi connectivity index (χ1v) is 5.47. The van der Waals surface area contributed by atoms with Crippen LogP contribution in [0.15, 0.2) is 24.4 Å². The maximum atomic E-state index is 4.48. The molecule has 0 fully saturated rings. The monoisotopic (exact) mass is 202 g/mol. The van der Waals surface area contributed by atoms with Crippen molar-refractivity contribution in [3.8, 4) is 0 Å². The standard InChI is InChI=1S/C13H18N2/c1-10-9-11-5-4-7-14-13(11)12(10)6-8-15(2)3/h4-7,10H,8-9H2,1-3H3/b12-6+. The molecule has 0 saturated carbocycles. The zero-order chi connectivity index (χ0) is 10.8. The molecule has 0 amide bonds. The van der Waals surface area contributed by atoms with Crippen LogP contribution in [0.2, 0.25) is 0 Å². The minimum absolute atomic E-state index is 0.620. The van der Waals surface area contributed by atoms with Crippen LogP contribution in [0, 0.1) is 5.92 Å². The summed E-state index contributed by atoms with van der Waals surface area (Å²) in [7, 11) is 4.19. The molecule has 0 aromatic carbocycles. The topological polar surface area (TPSA) is 16.1 Å². The molecule has 2 heteroatoms. The normalized spacial score (nSPS) is 22.4. The molecule has 1 heterocycles. The van der Waals surface area contributed by atoms with E-state index in [2.05, 4.69) is 43.0 Å². The van der Waals surface area contributed by atoms with Gasteiger partial charge in [0.05, 0.1) is 5.69 Å². The molecular weight excluding hydrogens is 184 g/mol. The van der Waals surface area contributed by atoms with E-state index in [0.717, 1.165) is 13.0 Å². The number of pyridine rings is 1. The Morgan fingerprint density at radius 2 is 2.33 bits per heavy atom. The van der Waals surface area contributed by atoms with Gasteiger partial charge in [-0.15, -0.1) is 0 Å². The first-order valence-electron chi connectivity index (χ1n) is 5.47. The number of nitrogens with zero attached hydrogens (tertiary/aromatic N) is 2. The van der Waals surface area contributed by atoms with Crippen molar-refractivity contribution in [2.45, 2.75) is 13.3 Å². The van der Waals surface area contributed by atoms with Gasteiger partial charge in [-0.05, 0) is 43.6 Å². The zero-order valence-electron chi connectivity index (χ0n) is 9.70. The second-order valence-electron chi connectivity index (χ2n) is 4.54. The van der Waals surface area contributed by atoms with Crippen LogP contribution in [0.25, 0.3) is 5.57 Å². The number of likely N-dealkylation sites (N-methyl/N-ethyl adjacent to an activating group) is 1. The predicted octanol–water partition coefficient (Wildman–Crippen LogP) is 2.22. The molecule has 0 spiro atoms. The van der Waals surface area contributed by atoms with E-state index < -0.39 is 0 Å². The summed E-state index contributed by atoms with van der Waals surface area (Å²) >= 11 is 0. The highest BCUT2D eigenvalue weighted by Crippen LogP contribution is 2.34. The van der Waals surface area contributed by atoms with Gasteiger partial charge in [-0.3, -0.25) is 4.98 Å². The Labute approximate surface area is 91.6 Å². The predicted molar refractivity (Wildman–Crippen MR) is 63.6 cm³/mol. The summed E-state index contributed by atoms with van der Waals surface area (Å²) in [6.07, 6.45) is 5.34. The summed E-state index contributed by atoms with van der Waals surface area (Å²) in [6.45, 7) is 3.28. The molecule has 1 aliphatic carbocycles. The third kappa shape index (κ3) is 2.10. The lowest BCUT2D eigenvalue weighted by Gasteiger charge is -2.09. The van der Waals surface area contributed by atoms with E-state index in [4.69, 9.17) is 0 Å². The van der Waals surface area contributed by atoms with Gasteiger partial charge in [0.2, 0.25) is 0 Å². The van der Waals surface area contributed by atoms with Crippen LogP contribution in [0.3, 0.4) is 0 Å². The number of rotatable bonds is 2. The van der Waals surface area contributed by atoms with Gasteiger partial charge in [0, 0.05) is 12.7 Å². The fourth-order valence-corrected chi connectivity index (χ4v) is 2.12. The third-order valence-corrected chi connectivity index (χ3v) is 2.90. The van der Waals surface area contributed by atoms with E-state index in [1.807, 2.05) is 12.3 Å². The summed E-state index contributed by atoms with van der Waals surface area (Å²) in [6, 6.07) is 4.22. The molecule has 1 atom stereocenters. The van der Waals surface area contributed by atoms with Gasteiger partial charge < -0.3 is 4.90 Å². The summed E-state index contributed by atoms with van der Waals surface area (Å²) in [5, 5.41) is 0. The minimum Gasteiger partial charge on any atom is -0.306 e. The van der Waals surface area contributed by atoms with E-state index in [1.165, 1.54) is 16.8 Å². The fraction of sp³-hybridized carbons (Fsp3) is 0.462. The van der Waals surface area contributed by atoms with Gasteiger partial charge in [-0.2, -0.15) is 0 Å². The number of hydrogen-bond donors (Lipinski definition) is 0. The van der Waals surface area contributed by atoms with E-state index in [1.54, 1.807) is 0 Å². The highest BCUT2D eigenvalue weighted by molar-refractivity contribution is 5.71. The number of allylic oxidation sites excluding steroid dienone is 1. The molecule has 1 aromatic rings. The largest absolute Gasteiger partial charge is 0.306 e. The highest BCUT2D eigenvalue weighted by Gasteiger charge is 2.23. The van der Waals surface area contributed by atoms with Crippen molar-refractivity contribution in [3.05, 3.63) is 35.7 Å². The summed E-state index contributed by atoms with van der Waals surface area (Å²) in [5.74, 6) is 0.620. The Hall–Kier alpha value is -1.15. The Balaban J connectivity index is 2.29. The van der Waals surface area contributed by atoms with Crippen molar-refractivity contribution < 1.29 is 0 Å². The van der Waals surface area contributed by atoms with E-state index in [0.29, 0.717) is 5.92 Å². The molecule has 0 saturated heterocycles. The number of fused-ring (bicyclic) bond motifs is 1. The van der Waals surface area contributed by atoms with E-state index >= 15 is 0 Å². The average Bonchev–Trinajstić information content (AvgIpc) is 2.50. The van der Waals surface area contributed by atoms with Crippen molar-refractivity contribution in [2.75, 3.05) is 20.6 Å². The lowest BCUT2D eigenvalue weighted by atomic mass is 10.0. The molecule has 1 aliphatic rings. The number of hydrogen-bond acceptors (Lipinski definition) is 2. The van der Waals surface area contributed by atoms with Gasteiger partial charge >= 0.3 is 0 Å². The van der Waals surface area contributed by atoms with Crippen LogP contribution in [0.1, 0.15) is 18.2 Å². The Bertz CT molecular complexity index is 380. The lowest BCUT2D eigenvalue weighted by Crippen LogP contribution is -2.11. The second-order valence-corrected chi connectivity index (χ2v) is 4.54. The molecular formula is C13H18N2. The van der Waals surface area contributed by atoms with Gasteiger partial charge in [-0.25, -0.2) is 0 Å². The maximum absolute atomic E-state index is 4.48. The van der Waals surface area contributed by atoms with Gasteiger partial charge in [0.15, 0.2) is 0 Å². The molecule has 1 aromatic heterocycles. The molecule has 0 bridgehead atoms. The second kappa shape index (κ2) is 4.15. The Morgan fingerprint density at radius 1 is 1.53 bits per heavy atom. The van der Waals surface area contributed by atoms with Crippen molar-refractivity contribution in [1.82, 2.24) is 9.88 Å². The lowest BCUT2D eigenvalue weighted by molar-refractivity contribution is 0.456. The first kappa shape index (κ1) is 10.4. The van der Waals surface area contributed by atoms with E-state index in [9.17, 15) is 0 Å². The van der Waals surface area contributed by atoms with Crippen LogP contribution >= 0.6 is 0 Å². The number of aromatic nitrogens is 1.